The van der Waals surface area contributed by atoms with Crippen LogP contribution in [0.2, 0.25) is 0 Å². The van der Waals surface area contributed by atoms with E-state index >= 15 is 0 Å². The molecular formula is C11H14O3. The van der Waals surface area contributed by atoms with Gasteiger partial charge in [0.1, 0.15) is 5.76 Å². The summed E-state index contributed by atoms with van der Waals surface area (Å²) < 4.78 is 10.4. The molecule has 0 fully saturated rings. The van der Waals surface area contributed by atoms with Gasteiger partial charge in [0.2, 0.25) is 0 Å². The number of hydrogen-bond donors (Lipinski definition) is 0. The first-order chi connectivity index (χ1) is 6.61. The zero-order valence-electron chi connectivity index (χ0n) is 8.72. The molecule has 0 saturated carbocycles. The minimum absolute atomic E-state index is 0.0232. The summed E-state index contributed by atoms with van der Waals surface area (Å²) in [5, 5.41) is 0. The molecule has 3 heteroatoms. The van der Waals surface area contributed by atoms with Crippen molar-refractivity contribution in [2.75, 3.05) is 7.11 Å². The van der Waals surface area contributed by atoms with Crippen molar-refractivity contribution < 1.29 is 9.15 Å². The minimum Gasteiger partial charge on any atom is -0.468 e. The molecule has 1 aromatic heterocycles. The van der Waals surface area contributed by atoms with Gasteiger partial charge in [0, 0.05) is 12.0 Å². The Morgan fingerprint density at radius 1 is 1.43 bits per heavy atom. The number of rotatable bonds is 3. The van der Waals surface area contributed by atoms with Gasteiger partial charge in [-0.05, 0) is 13.8 Å². The molecule has 0 aliphatic rings. The Kier molecular flexibility index (Phi) is 3.12. The molecule has 0 radical (unpaired) electrons. The van der Waals surface area contributed by atoms with E-state index in [4.69, 9.17) is 9.15 Å². The van der Waals surface area contributed by atoms with E-state index in [1.807, 2.05) is 0 Å². The van der Waals surface area contributed by atoms with Gasteiger partial charge in [-0.2, -0.15) is 0 Å². The fourth-order valence-electron chi connectivity index (χ4n) is 1.29. The van der Waals surface area contributed by atoms with Crippen molar-refractivity contribution in [1.29, 1.82) is 0 Å². The summed E-state index contributed by atoms with van der Waals surface area (Å²) in [6.45, 7) is 7.04. The van der Waals surface area contributed by atoms with Crippen LogP contribution < -0.4 is 10.2 Å². The lowest BCUT2D eigenvalue weighted by molar-refractivity contribution is 0.281. The zero-order chi connectivity index (χ0) is 10.7. The molecule has 14 heavy (non-hydrogen) atoms. The van der Waals surface area contributed by atoms with Crippen LogP contribution in [-0.4, -0.2) is 7.11 Å². The largest absolute Gasteiger partial charge is 0.468 e. The highest BCUT2D eigenvalue weighted by Gasteiger charge is 2.12. The molecule has 0 saturated heterocycles. The molecule has 0 aliphatic carbocycles. The summed E-state index contributed by atoms with van der Waals surface area (Å²) >= 11 is 0. The molecule has 0 N–H and O–H groups in total. The number of ether oxygens (including phenoxy) is 1. The highest BCUT2D eigenvalue weighted by atomic mass is 16.6. The van der Waals surface area contributed by atoms with E-state index < -0.39 is 0 Å². The van der Waals surface area contributed by atoms with E-state index in [9.17, 15) is 4.79 Å². The van der Waals surface area contributed by atoms with Crippen molar-refractivity contribution in [3.05, 3.63) is 39.8 Å². The van der Waals surface area contributed by atoms with Crippen molar-refractivity contribution in [3.8, 4) is 5.95 Å². The molecule has 0 atom stereocenters. The molecular weight excluding hydrogens is 180 g/mol. The van der Waals surface area contributed by atoms with Gasteiger partial charge < -0.3 is 9.15 Å². The van der Waals surface area contributed by atoms with Crippen molar-refractivity contribution in [1.82, 2.24) is 0 Å². The summed E-state index contributed by atoms with van der Waals surface area (Å²) in [5.74, 6) is 0.907. The zero-order valence-corrected chi connectivity index (χ0v) is 8.72. The normalized spacial score (nSPS) is 9.93. The van der Waals surface area contributed by atoms with Gasteiger partial charge in [0.15, 0.2) is 5.43 Å². The maximum atomic E-state index is 11.7. The predicted octanol–water partition coefficient (Wildman–Crippen LogP) is 1.99. The molecule has 0 aromatic carbocycles. The first-order valence-corrected chi connectivity index (χ1v) is 4.39. The van der Waals surface area contributed by atoms with Crippen LogP contribution in [0, 0.1) is 13.8 Å². The van der Waals surface area contributed by atoms with E-state index in [2.05, 4.69) is 6.58 Å². The third kappa shape index (κ3) is 1.71. The Morgan fingerprint density at radius 2 is 2.07 bits per heavy atom. The van der Waals surface area contributed by atoms with Gasteiger partial charge >= 0.3 is 0 Å². The SMILES string of the molecule is C=CCc1oc(OC)c(C)c(=O)c1C. The van der Waals surface area contributed by atoms with Crippen molar-refractivity contribution in [2.45, 2.75) is 20.3 Å². The minimum atomic E-state index is -0.0232. The second kappa shape index (κ2) is 4.13. The Hall–Kier alpha value is -1.51. The van der Waals surface area contributed by atoms with Crippen LogP contribution in [0.1, 0.15) is 16.9 Å². The van der Waals surface area contributed by atoms with Crippen molar-refractivity contribution in [2.24, 2.45) is 0 Å². The first kappa shape index (κ1) is 10.6. The van der Waals surface area contributed by atoms with Gasteiger partial charge in [-0.3, -0.25) is 4.79 Å². The monoisotopic (exact) mass is 194 g/mol. The molecule has 0 amide bonds. The molecule has 1 rings (SSSR count). The Bertz CT molecular complexity index is 402. The van der Waals surface area contributed by atoms with Crippen LogP contribution in [0.5, 0.6) is 5.95 Å². The van der Waals surface area contributed by atoms with Gasteiger partial charge in [0.05, 0.1) is 12.7 Å². The van der Waals surface area contributed by atoms with Crippen molar-refractivity contribution >= 4 is 0 Å². The molecule has 0 bridgehead atoms. The summed E-state index contributed by atoms with van der Waals surface area (Å²) in [6, 6.07) is 0. The standard InChI is InChI=1S/C11H14O3/c1-5-6-9-7(2)10(12)8(3)11(13-4)14-9/h5H,1,6H2,2-4H3. The summed E-state index contributed by atoms with van der Waals surface area (Å²) in [7, 11) is 1.48. The number of allylic oxidation sites excluding steroid dienone is 1. The third-order valence-electron chi connectivity index (χ3n) is 2.14. The predicted molar refractivity (Wildman–Crippen MR) is 54.9 cm³/mol. The van der Waals surface area contributed by atoms with E-state index in [1.54, 1.807) is 19.9 Å². The first-order valence-electron chi connectivity index (χ1n) is 4.39. The average Bonchev–Trinajstić information content (AvgIpc) is 2.19. The van der Waals surface area contributed by atoms with Gasteiger partial charge in [-0.15, -0.1) is 6.58 Å². The van der Waals surface area contributed by atoms with Crippen LogP contribution in [-0.2, 0) is 6.42 Å². The van der Waals surface area contributed by atoms with Crippen LogP contribution in [0.3, 0.4) is 0 Å². The van der Waals surface area contributed by atoms with Crippen LogP contribution >= 0.6 is 0 Å². The molecule has 1 aromatic rings. The highest BCUT2D eigenvalue weighted by Crippen LogP contribution is 2.18. The van der Waals surface area contributed by atoms with E-state index in [1.165, 1.54) is 7.11 Å². The molecule has 76 valence electrons. The summed E-state index contributed by atoms with van der Waals surface area (Å²) in [6.07, 6.45) is 2.23. The molecule has 3 nitrogen and oxygen atoms in total. The lowest BCUT2D eigenvalue weighted by atomic mass is 10.1. The smallest absolute Gasteiger partial charge is 0.291 e. The average molecular weight is 194 g/mol. The van der Waals surface area contributed by atoms with Crippen LogP contribution in [0.25, 0.3) is 0 Å². The topological polar surface area (TPSA) is 39.4 Å². The molecule has 0 spiro atoms. The van der Waals surface area contributed by atoms with Crippen LogP contribution in [0.4, 0.5) is 0 Å². The number of methoxy groups -OCH3 is 1. The second-order valence-corrected chi connectivity index (χ2v) is 3.09. The quantitative estimate of drug-likeness (QED) is 0.691. The van der Waals surface area contributed by atoms with Gasteiger partial charge in [-0.1, -0.05) is 6.08 Å². The highest BCUT2D eigenvalue weighted by molar-refractivity contribution is 5.29. The summed E-state index contributed by atoms with van der Waals surface area (Å²) in [4.78, 5) is 11.7. The van der Waals surface area contributed by atoms with Gasteiger partial charge in [-0.25, -0.2) is 0 Å². The van der Waals surface area contributed by atoms with E-state index in [-0.39, 0.29) is 11.4 Å². The summed E-state index contributed by atoms with van der Waals surface area (Å²) in [5.41, 5.74) is 1.12. The van der Waals surface area contributed by atoms with E-state index in [0.717, 1.165) is 0 Å². The lowest BCUT2D eigenvalue weighted by Gasteiger charge is -2.07. The molecule has 0 unspecified atom stereocenters. The maximum Gasteiger partial charge on any atom is 0.291 e. The molecule has 1 heterocycles. The van der Waals surface area contributed by atoms with Gasteiger partial charge in [0.25, 0.3) is 5.95 Å². The van der Waals surface area contributed by atoms with Crippen LogP contribution in [0.15, 0.2) is 21.9 Å². The lowest BCUT2D eigenvalue weighted by Crippen LogP contribution is -2.12. The molecule has 0 aliphatic heterocycles. The Morgan fingerprint density at radius 3 is 2.57 bits per heavy atom. The second-order valence-electron chi connectivity index (χ2n) is 3.09. The number of hydrogen-bond acceptors (Lipinski definition) is 3. The van der Waals surface area contributed by atoms with E-state index in [0.29, 0.717) is 23.3 Å². The third-order valence-corrected chi connectivity index (χ3v) is 2.14. The Labute approximate surface area is 83.0 Å². The fourth-order valence-corrected chi connectivity index (χ4v) is 1.29. The maximum absolute atomic E-state index is 11.7. The van der Waals surface area contributed by atoms with Crippen molar-refractivity contribution in [3.63, 3.8) is 0 Å². The fraction of sp³-hybridized carbons (Fsp3) is 0.364. The Balaban J connectivity index is 3.40.